The number of aromatic nitrogens is 2. The minimum atomic E-state index is 0.702. The molecule has 0 amide bonds. The summed E-state index contributed by atoms with van der Waals surface area (Å²) in [5, 5.41) is 0.702. The maximum atomic E-state index is 4.77. The van der Waals surface area contributed by atoms with Gasteiger partial charge in [0.1, 0.15) is 5.82 Å². The lowest BCUT2D eigenvalue weighted by atomic mass is 10.2. The number of thioether (sulfide) groups is 1. The molecule has 1 aromatic heterocycles. The zero-order valence-electron chi connectivity index (χ0n) is 8.41. The maximum absolute atomic E-state index is 4.77. The molecule has 0 aromatic carbocycles. The molecule has 2 nitrogen and oxygen atoms in total. The van der Waals surface area contributed by atoms with E-state index in [1.165, 1.54) is 55.9 Å². The van der Waals surface area contributed by atoms with E-state index in [4.69, 9.17) is 4.98 Å². The van der Waals surface area contributed by atoms with Crippen LogP contribution in [0.5, 0.6) is 0 Å². The molecule has 2 aliphatic rings. The maximum Gasteiger partial charge on any atom is 0.109 e. The van der Waals surface area contributed by atoms with Gasteiger partial charge in [-0.3, -0.25) is 0 Å². The lowest BCUT2D eigenvalue weighted by molar-refractivity contribution is 0.522. The topological polar surface area (TPSA) is 17.8 Å². The zero-order chi connectivity index (χ0) is 9.38. The van der Waals surface area contributed by atoms with Gasteiger partial charge in [0.2, 0.25) is 0 Å². The molecule has 3 rings (SSSR count). The fraction of sp³-hybridized carbons (Fsp3) is 0.727. The van der Waals surface area contributed by atoms with E-state index in [2.05, 4.69) is 22.5 Å². The van der Waals surface area contributed by atoms with E-state index in [0.717, 1.165) is 0 Å². The normalized spacial score (nSPS) is 26.4. The average molecular weight is 208 g/mol. The van der Waals surface area contributed by atoms with Crippen LogP contribution in [0.1, 0.15) is 42.5 Å². The Bertz CT molecular complexity index is 303. The molecule has 0 bridgehead atoms. The Balaban J connectivity index is 1.87. The molecule has 1 atom stereocenters. The third kappa shape index (κ3) is 1.48. The van der Waals surface area contributed by atoms with Crippen LogP contribution < -0.4 is 0 Å². The summed E-state index contributed by atoms with van der Waals surface area (Å²) in [6, 6.07) is 0. The molecule has 0 saturated carbocycles. The second-order valence-corrected chi connectivity index (χ2v) is 5.54. The van der Waals surface area contributed by atoms with E-state index in [1.807, 2.05) is 0 Å². The van der Waals surface area contributed by atoms with Gasteiger partial charge in [-0.05, 0) is 31.4 Å². The summed E-state index contributed by atoms with van der Waals surface area (Å²) in [4.78, 5) is 4.77. The number of aryl methyl sites for hydroxylation is 2. The summed E-state index contributed by atoms with van der Waals surface area (Å²) in [6.45, 7) is 1.19. The lowest BCUT2D eigenvalue weighted by Crippen LogP contribution is -2.08. The summed E-state index contributed by atoms with van der Waals surface area (Å²) in [7, 11) is 0. The van der Waals surface area contributed by atoms with Crippen molar-refractivity contribution in [2.75, 3.05) is 5.75 Å². The Morgan fingerprint density at radius 2 is 2.36 bits per heavy atom. The Morgan fingerprint density at radius 1 is 1.36 bits per heavy atom. The number of hydrogen-bond donors (Lipinski definition) is 0. The van der Waals surface area contributed by atoms with Crippen molar-refractivity contribution in [2.24, 2.45) is 0 Å². The van der Waals surface area contributed by atoms with Gasteiger partial charge < -0.3 is 4.57 Å². The van der Waals surface area contributed by atoms with E-state index in [-0.39, 0.29) is 0 Å². The van der Waals surface area contributed by atoms with Crippen LogP contribution in [0.4, 0.5) is 0 Å². The van der Waals surface area contributed by atoms with Crippen LogP contribution in [-0.2, 0) is 13.0 Å². The molecule has 14 heavy (non-hydrogen) atoms. The molecule has 1 unspecified atom stereocenters. The fourth-order valence-corrected chi connectivity index (χ4v) is 3.64. The van der Waals surface area contributed by atoms with Gasteiger partial charge in [0.15, 0.2) is 0 Å². The van der Waals surface area contributed by atoms with Crippen LogP contribution in [0, 0.1) is 0 Å². The van der Waals surface area contributed by atoms with Crippen LogP contribution in [0.3, 0.4) is 0 Å². The molecule has 0 spiro atoms. The van der Waals surface area contributed by atoms with Crippen LogP contribution in [-0.4, -0.2) is 15.3 Å². The predicted octanol–water partition coefficient (Wildman–Crippen LogP) is 2.79. The second-order valence-electron chi connectivity index (χ2n) is 4.23. The fourth-order valence-electron chi connectivity index (χ4n) is 2.40. The van der Waals surface area contributed by atoms with Crippen molar-refractivity contribution >= 4 is 11.8 Å². The van der Waals surface area contributed by atoms with Crippen LogP contribution in [0.15, 0.2) is 6.20 Å². The van der Waals surface area contributed by atoms with E-state index in [1.54, 1.807) is 0 Å². The summed E-state index contributed by atoms with van der Waals surface area (Å²) < 4.78 is 2.37. The van der Waals surface area contributed by atoms with Gasteiger partial charge in [0.05, 0.1) is 5.69 Å². The smallest absolute Gasteiger partial charge is 0.109 e. The Morgan fingerprint density at radius 3 is 3.14 bits per heavy atom. The van der Waals surface area contributed by atoms with Crippen LogP contribution in [0.2, 0.25) is 0 Å². The highest BCUT2D eigenvalue weighted by Crippen LogP contribution is 2.39. The van der Waals surface area contributed by atoms with Crippen LogP contribution >= 0.6 is 11.8 Å². The molecular weight excluding hydrogens is 192 g/mol. The van der Waals surface area contributed by atoms with Crippen molar-refractivity contribution in [1.29, 1.82) is 0 Å². The quantitative estimate of drug-likeness (QED) is 0.706. The van der Waals surface area contributed by atoms with E-state index in [9.17, 15) is 0 Å². The number of hydrogen-bond acceptors (Lipinski definition) is 2. The van der Waals surface area contributed by atoms with Gasteiger partial charge in [-0.25, -0.2) is 4.98 Å². The molecule has 2 aliphatic heterocycles. The second kappa shape index (κ2) is 3.61. The van der Waals surface area contributed by atoms with Gasteiger partial charge >= 0.3 is 0 Å². The minimum Gasteiger partial charge on any atom is -0.335 e. The molecule has 1 aromatic rings. The van der Waals surface area contributed by atoms with Crippen LogP contribution in [0.25, 0.3) is 0 Å². The lowest BCUT2D eigenvalue weighted by Gasteiger charge is -2.11. The number of nitrogens with zero attached hydrogens (tertiary/aromatic N) is 2. The molecular formula is C11H16N2S. The van der Waals surface area contributed by atoms with Crippen molar-refractivity contribution < 1.29 is 0 Å². The highest BCUT2D eigenvalue weighted by molar-refractivity contribution is 7.99. The molecule has 1 saturated heterocycles. The third-order valence-electron chi connectivity index (χ3n) is 3.19. The predicted molar refractivity (Wildman–Crippen MR) is 59.6 cm³/mol. The monoisotopic (exact) mass is 208 g/mol. The average Bonchev–Trinajstić information content (AvgIpc) is 2.86. The molecule has 3 heterocycles. The van der Waals surface area contributed by atoms with Gasteiger partial charge in [-0.1, -0.05) is 0 Å². The first kappa shape index (κ1) is 8.84. The summed E-state index contributed by atoms with van der Waals surface area (Å²) in [6.07, 6.45) is 8.86. The highest BCUT2D eigenvalue weighted by Gasteiger charge is 2.22. The largest absolute Gasteiger partial charge is 0.335 e. The molecule has 1 fully saturated rings. The van der Waals surface area contributed by atoms with Crippen molar-refractivity contribution in [3.05, 3.63) is 17.7 Å². The Kier molecular flexibility index (Phi) is 2.28. The van der Waals surface area contributed by atoms with Gasteiger partial charge in [0.25, 0.3) is 0 Å². The van der Waals surface area contributed by atoms with Crippen molar-refractivity contribution in [1.82, 2.24) is 9.55 Å². The van der Waals surface area contributed by atoms with E-state index >= 15 is 0 Å². The summed E-state index contributed by atoms with van der Waals surface area (Å²) in [5.41, 5.74) is 1.35. The molecule has 0 N–H and O–H groups in total. The van der Waals surface area contributed by atoms with E-state index in [0.29, 0.717) is 5.25 Å². The third-order valence-corrected chi connectivity index (χ3v) is 4.59. The van der Waals surface area contributed by atoms with E-state index < -0.39 is 0 Å². The van der Waals surface area contributed by atoms with Crippen molar-refractivity contribution in [2.45, 2.75) is 43.9 Å². The van der Waals surface area contributed by atoms with Crippen molar-refractivity contribution in [3.8, 4) is 0 Å². The first-order chi connectivity index (χ1) is 6.93. The first-order valence-corrected chi connectivity index (χ1v) is 6.66. The van der Waals surface area contributed by atoms with Crippen molar-refractivity contribution in [3.63, 3.8) is 0 Å². The Labute approximate surface area is 89.1 Å². The molecule has 76 valence electrons. The number of fused-ring (bicyclic) bond motifs is 1. The SMILES string of the molecule is c1c(C2CCCS2)nc2n1CCCC2. The first-order valence-electron chi connectivity index (χ1n) is 5.61. The van der Waals surface area contributed by atoms with Gasteiger partial charge in [-0.15, -0.1) is 0 Å². The van der Waals surface area contributed by atoms with Gasteiger partial charge in [0, 0.05) is 24.4 Å². The minimum absolute atomic E-state index is 0.702. The molecule has 0 radical (unpaired) electrons. The molecule has 0 aliphatic carbocycles. The zero-order valence-corrected chi connectivity index (χ0v) is 9.22. The van der Waals surface area contributed by atoms with Gasteiger partial charge in [-0.2, -0.15) is 11.8 Å². The number of imidazole rings is 1. The summed E-state index contributed by atoms with van der Waals surface area (Å²) in [5.74, 6) is 2.66. The summed E-state index contributed by atoms with van der Waals surface area (Å²) >= 11 is 2.08. The Hall–Kier alpha value is -0.440. The highest BCUT2D eigenvalue weighted by atomic mass is 32.2. The standard InChI is InChI=1S/C11H16N2S/c1-2-6-13-8-9(12-11(13)5-1)10-4-3-7-14-10/h8,10H,1-7H2. The molecule has 3 heteroatoms. The number of rotatable bonds is 1.